The van der Waals surface area contributed by atoms with Crippen LogP contribution >= 0.6 is 0 Å². The minimum atomic E-state index is -0.743. The largest absolute Gasteiger partial charge is 0.465 e. The highest BCUT2D eigenvalue weighted by molar-refractivity contribution is 5.94. The van der Waals surface area contributed by atoms with Crippen LogP contribution in [0.5, 0.6) is 0 Å². The lowest BCUT2D eigenvalue weighted by atomic mass is 10.0. The Morgan fingerprint density at radius 3 is 1.71 bits per heavy atom. The Morgan fingerprint density at radius 2 is 1.35 bits per heavy atom. The average Bonchev–Trinajstić information content (AvgIpc) is 2.34. The maximum Gasteiger partial charge on any atom is 0.320 e. The predicted molar refractivity (Wildman–Crippen MR) is 65.5 cm³/mol. The molecule has 0 heterocycles. The molecule has 0 atom stereocenters. The minimum Gasteiger partial charge on any atom is -0.465 e. The van der Waals surface area contributed by atoms with E-state index in [0.29, 0.717) is 19.6 Å². The maximum absolute atomic E-state index is 11.7. The zero-order chi connectivity index (χ0) is 13.1. The third-order valence-corrected chi connectivity index (χ3v) is 2.31. The summed E-state index contributed by atoms with van der Waals surface area (Å²) < 4.78 is 10.0. The Labute approximate surface area is 104 Å². The number of hydrogen-bond acceptors (Lipinski definition) is 4. The molecule has 0 radical (unpaired) electrons. The fourth-order valence-electron chi connectivity index (χ4n) is 1.35. The topological polar surface area (TPSA) is 52.6 Å². The van der Waals surface area contributed by atoms with Gasteiger partial charge in [0.2, 0.25) is 0 Å². The number of unbranched alkanes of at least 4 members (excludes halogenated alkanes) is 1. The van der Waals surface area contributed by atoms with Gasteiger partial charge in [-0.25, -0.2) is 0 Å². The zero-order valence-electron chi connectivity index (χ0n) is 11.2. The van der Waals surface area contributed by atoms with Crippen LogP contribution in [-0.4, -0.2) is 25.2 Å². The van der Waals surface area contributed by atoms with Crippen LogP contribution < -0.4 is 0 Å². The molecule has 0 aromatic rings. The average molecular weight is 244 g/mol. The van der Waals surface area contributed by atoms with Gasteiger partial charge in [-0.05, 0) is 19.3 Å². The van der Waals surface area contributed by atoms with Gasteiger partial charge in [0.1, 0.15) is 0 Å². The first kappa shape index (κ1) is 15.9. The third kappa shape index (κ3) is 6.97. The first-order valence-corrected chi connectivity index (χ1v) is 6.50. The Morgan fingerprint density at radius 1 is 0.882 bits per heavy atom. The molecule has 0 fully saturated rings. The van der Waals surface area contributed by atoms with Crippen molar-refractivity contribution in [3.8, 4) is 0 Å². The van der Waals surface area contributed by atoms with Crippen molar-refractivity contribution < 1.29 is 19.1 Å². The zero-order valence-corrected chi connectivity index (χ0v) is 11.2. The molecule has 4 nitrogen and oxygen atoms in total. The van der Waals surface area contributed by atoms with Crippen molar-refractivity contribution in [3.05, 3.63) is 0 Å². The summed E-state index contributed by atoms with van der Waals surface area (Å²) in [5.74, 6) is -1.63. The molecule has 0 aliphatic carbocycles. The van der Waals surface area contributed by atoms with Crippen molar-refractivity contribution in [2.24, 2.45) is 5.92 Å². The maximum atomic E-state index is 11.7. The van der Waals surface area contributed by atoms with Gasteiger partial charge in [0.25, 0.3) is 0 Å². The van der Waals surface area contributed by atoms with Crippen LogP contribution in [0.3, 0.4) is 0 Å². The number of carbonyl (C=O) groups excluding carboxylic acids is 2. The van der Waals surface area contributed by atoms with Crippen LogP contribution in [0.25, 0.3) is 0 Å². The van der Waals surface area contributed by atoms with Crippen molar-refractivity contribution in [3.63, 3.8) is 0 Å². The molecule has 0 amide bonds. The summed E-state index contributed by atoms with van der Waals surface area (Å²) >= 11 is 0. The summed E-state index contributed by atoms with van der Waals surface area (Å²) in [6.07, 6.45) is 3.81. The second-order valence-corrected chi connectivity index (χ2v) is 4.03. The summed E-state index contributed by atoms with van der Waals surface area (Å²) in [5.41, 5.74) is 0. The Kier molecular flexibility index (Phi) is 9.49. The molecule has 0 bridgehead atoms. The highest BCUT2D eigenvalue weighted by Crippen LogP contribution is 2.13. The van der Waals surface area contributed by atoms with Crippen molar-refractivity contribution in [2.75, 3.05) is 13.2 Å². The van der Waals surface area contributed by atoms with Crippen LogP contribution in [-0.2, 0) is 19.1 Å². The molecule has 0 aliphatic rings. The van der Waals surface area contributed by atoms with Gasteiger partial charge in [-0.1, -0.05) is 33.6 Å². The molecule has 0 saturated heterocycles. The molecular formula is C13H24O4. The van der Waals surface area contributed by atoms with Gasteiger partial charge >= 0.3 is 11.9 Å². The minimum absolute atomic E-state index is 0.364. The van der Waals surface area contributed by atoms with Gasteiger partial charge in [0.05, 0.1) is 13.2 Å². The molecule has 0 unspecified atom stereocenters. The lowest BCUT2D eigenvalue weighted by Crippen LogP contribution is -2.28. The number of rotatable bonds is 9. The molecule has 0 aromatic carbocycles. The number of carbonyl (C=O) groups is 2. The molecule has 100 valence electrons. The molecule has 0 saturated carbocycles. The first-order valence-electron chi connectivity index (χ1n) is 6.50. The second kappa shape index (κ2) is 10.1. The van der Waals surface area contributed by atoms with Crippen molar-refractivity contribution >= 4 is 11.9 Å². The second-order valence-electron chi connectivity index (χ2n) is 4.03. The molecule has 4 heteroatoms. The van der Waals surface area contributed by atoms with Gasteiger partial charge < -0.3 is 9.47 Å². The van der Waals surface area contributed by atoms with E-state index in [2.05, 4.69) is 0 Å². The number of esters is 2. The van der Waals surface area contributed by atoms with E-state index < -0.39 is 17.9 Å². The summed E-state index contributed by atoms with van der Waals surface area (Å²) in [4.78, 5) is 23.4. The van der Waals surface area contributed by atoms with E-state index in [-0.39, 0.29) is 0 Å². The van der Waals surface area contributed by atoms with Crippen molar-refractivity contribution in [2.45, 2.75) is 52.9 Å². The summed E-state index contributed by atoms with van der Waals surface area (Å²) in [7, 11) is 0. The van der Waals surface area contributed by atoms with E-state index in [4.69, 9.17) is 9.47 Å². The molecule has 0 rings (SSSR count). The Bertz CT molecular complexity index is 205. The van der Waals surface area contributed by atoms with Gasteiger partial charge in [0, 0.05) is 0 Å². The summed E-state index contributed by atoms with van der Waals surface area (Å²) in [5, 5.41) is 0. The van der Waals surface area contributed by atoms with E-state index in [1.54, 1.807) is 0 Å². The highest BCUT2D eigenvalue weighted by Gasteiger charge is 2.28. The van der Waals surface area contributed by atoms with Gasteiger partial charge in [0.15, 0.2) is 5.92 Å². The van der Waals surface area contributed by atoms with Gasteiger partial charge in [-0.15, -0.1) is 0 Å². The Hall–Kier alpha value is -1.06. The molecular weight excluding hydrogens is 220 g/mol. The van der Waals surface area contributed by atoms with E-state index >= 15 is 0 Å². The molecule has 0 spiro atoms. The monoisotopic (exact) mass is 244 g/mol. The van der Waals surface area contributed by atoms with Gasteiger partial charge in [-0.3, -0.25) is 9.59 Å². The molecule has 0 aromatic heterocycles. The lowest BCUT2D eigenvalue weighted by Gasteiger charge is -2.14. The van der Waals surface area contributed by atoms with E-state index in [1.165, 1.54) is 0 Å². The molecule has 0 aliphatic heterocycles. The first-order chi connectivity index (χ1) is 8.17. The highest BCUT2D eigenvalue weighted by atomic mass is 16.6. The number of hydrogen-bond donors (Lipinski definition) is 0. The SMILES string of the molecule is CCCCC(C(=O)OCCC)C(=O)OCCC. The van der Waals surface area contributed by atoms with Crippen molar-refractivity contribution in [1.29, 1.82) is 0 Å². The van der Waals surface area contributed by atoms with E-state index in [9.17, 15) is 9.59 Å². The predicted octanol–water partition coefficient (Wildman–Crippen LogP) is 2.70. The van der Waals surface area contributed by atoms with Crippen LogP contribution in [0.15, 0.2) is 0 Å². The van der Waals surface area contributed by atoms with Crippen LogP contribution in [0, 0.1) is 5.92 Å². The van der Waals surface area contributed by atoms with Crippen LogP contribution in [0.4, 0.5) is 0 Å². The normalized spacial score (nSPS) is 10.4. The third-order valence-electron chi connectivity index (χ3n) is 2.31. The van der Waals surface area contributed by atoms with Crippen molar-refractivity contribution in [1.82, 2.24) is 0 Å². The number of ether oxygens (including phenoxy) is 2. The Balaban J connectivity index is 4.29. The standard InChI is InChI=1S/C13H24O4/c1-4-7-8-11(12(14)16-9-5-2)13(15)17-10-6-3/h11H,4-10H2,1-3H3. The van der Waals surface area contributed by atoms with Crippen LogP contribution in [0.2, 0.25) is 0 Å². The summed E-state index contributed by atoms with van der Waals surface area (Å²) in [6.45, 7) is 6.59. The fraction of sp³-hybridized carbons (Fsp3) is 0.846. The van der Waals surface area contributed by atoms with E-state index in [1.807, 2.05) is 20.8 Å². The van der Waals surface area contributed by atoms with Crippen LogP contribution in [0.1, 0.15) is 52.9 Å². The molecule has 0 N–H and O–H groups in total. The quantitative estimate of drug-likeness (QED) is 0.462. The fourth-order valence-corrected chi connectivity index (χ4v) is 1.35. The summed E-state index contributed by atoms with van der Waals surface area (Å²) in [6, 6.07) is 0. The molecule has 17 heavy (non-hydrogen) atoms. The smallest absolute Gasteiger partial charge is 0.320 e. The lowest BCUT2D eigenvalue weighted by molar-refractivity contribution is -0.162. The van der Waals surface area contributed by atoms with E-state index in [0.717, 1.165) is 25.7 Å². The van der Waals surface area contributed by atoms with Gasteiger partial charge in [-0.2, -0.15) is 0 Å².